The highest BCUT2D eigenvalue weighted by atomic mass is 16.2. The van der Waals surface area contributed by atoms with Gasteiger partial charge in [0.25, 0.3) is 0 Å². The molecule has 204 valence electrons. The summed E-state index contributed by atoms with van der Waals surface area (Å²) in [7, 11) is 0. The zero-order valence-electron chi connectivity index (χ0n) is 23.1. The summed E-state index contributed by atoms with van der Waals surface area (Å²) >= 11 is 0. The molecule has 0 saturated heterocycles. The molecule has 12 aliphatic carbocycles. The standard InChI is InChI=1S/C38H25N3O2/c42-37-39(32-4-2-1-3-5-32)38(43)41-36-23-31-19-21-34(36)33-20-18-30(22-35(33)40(37)41)28-14-10-26(11-15-28)24-6-7-25(9-8-24)27-12-16-29(31)17-13-27/h1-23,35-36H/t35-,36+. The van der Waals surface area contributed by atoms with Crippen LogP contribution in [0.2, 0.25) is 0 Å². The van der Waals surface area contributed by atoms with Crippen LogP contribution in [-0.4, -0.2) is 13.9 Å². The lowest BCUT2D eigenvalue weighted by Crippen LogP contribution is -2.39. The Balaban J connectivity index is 1.33. The maximum Gasteiger partial charge on any atom is 0.352 e. The van der Waals surface area contributed by atoms with E-state index in [9.17, 15) is 9.59 Å². The van der Waals surface area contributed by atoms with Gasteiger partial charge in [0.05, 0.1) is 17.8 Å². The Morgan fingerprint density at radius 1 is 0.419 bits per heavy atom. The summed E-state index contributed by atoms with van der Waals surface area (Å²) in [6.45, 7) is 0. The summed E-state index contributed by atoms with van der Waals surface area (Å²) < 4.78 is 4.58. The highest BCUT2D eigenvalue weighted by Crippen LogP contribution is 2.43. The van der Waals surface area contributed by atoms with Gasteiger partial charge in [-0.3, -0.25) is 0 Å². The first kappa shape index (κ1) is 24.0. The largest absolute Gasteiger partial charge is 0.352 e. The van der Waals surface area contributed by atoms with Crippen molar-refractivity contribution in [3.05, 3.63) is 183 Å². The fourth-order valence-electron chi connectivity index (χ4n) is 6.85. The third kappa shape index (κ3) is 3.52. The van der Waals surface area contributed by atoms with Gasteiger partial charge in [0.15, 0.2) is 0 Å². The fourth-order valence-corrected chi connectivity index (χ4v) is 6.85. The third-order valence-corrected chi connectivity index (χ3v) is 9.07. The number of hydrogen-bond donors (Lipinski definition) is 0. The van der Waals surface area contributed by atoms with E-state index in [1.54, 1.807) is 21.5 Å². The summed E-state index contributed by atoms with van der Waals surface area (Å²) in [5, 5.41) is 0. The average molecular weight is 556 g/mol. The normalized spacial score (nSPS) is 18.9. The average Bonchev–Trinajstić information content (AvgIpc) is 3.34. The molecule has 0 spiro atoms. The van der Waals surface area contributed by atoms with Crippen LogP contribution in [0, 0.1) is 0 Å². The first-order chi connectivity index (χ1) is 21.1. The van der Waals surface area contributed by atoms with E-state index in [-0.39, 0.29) is 11.4 Å². The molecule has 0 saturated carbocycles. The van der Waals surface area contributed by atoms with Crippen molar-refractivity contribution in [2.45, 2.75) is 12.1 Å². The van der Waals surface area contributed by atoms with E-state index in [0.717, 1.165) is 55.7 Å². The number of allylic oxidation sites excluding steroid dienone is 10. The van der Waals surface area contributed by atoms with Gasteiger partial charge in [0.1, 0.15) is 0 Å². The van der Waals surface area contributed by atoms with Crippen molar-refractivity contribution in [3.8, 4) is 27.9 Å². The molecule has 0 radical (unpaired) electrons. The molecular weight excluding hydrogens is 530 g/mol. The minimum Gasteiger partial charge on any atom is -0.245 e. The number of nitrogens with zero attached hydrogens (tertiary/aromatic N) is 3. The van der Waals surface area contributed by atoms with Crippen LogP contribution in [0.1, 0.15) is 23.2 Å². The Kier molecular flexibility index (Phi) is 4.97. The quantitative estimate of drug-likeness (QED) is 0.221. The van der Waals surface area contributed by atoms with Crippen LogP contribution in [0.15, 0.2) is 160 Å². The van der Waals surface area contributed by atoms with Crippen LogP contribution in [0.5, 0.6) is 0 Å². The summed E-state index contributed by atoms with van der Waals surface area (Å²) in [6, 6.07) is 34.1. The zero-order valence-corrected chi connectivity index (χ0v) is 23.1. The fraction of sp³-hybridized carbons (Fsp3) is 0.0526. The van der Waals surface area contributed by atoms with Gasteiger partial charge in [-0.15, -0.1) is 0 Å². The Bertz CT molecular complexity index is 2090. The summed E-state index contributed by atoms with van der Waals surface area (Å²) in [5.41, 5.74) is 10.6. The second-order valence-corrected chi connectivity index (χ2v) is 11.4. The van der Waals surface area contributed by atoms with Crippen LogP contribution in [0.3, 0.4) is 0 Å². The van der Waals surface area contributed by atoms with Crippen LogP contribution in [0.4, 0.5) is 0 Å². The molecule has 0 fully saturated rings. The van der Waals surface area contributed by atoms with E-state index in [1.807, 2.05) is 18.2 Å². The molecule has 0 unspecified atom stereocenters. The van der Waals surface area contributed by atoms with E-state index < -0.39 is 12.1 Å². The predicted molar refractivity (Wildman–Crippen MR) is 171 cm³/mol. The molecule has 1 aromatic heterocycles. The second kappa shape index (κ2) is 8.91. The van der Waals surface area contributed by atoms with Crippen LogP contribution in [0.25, 0.3) is 39.1 Å². The van der Waals surface area contributed by atoms with E-state index in [4.69, 9.17) is 0 Å². The molecule has 4 aromatic carbocycles. The lowest BCUT2D eigenvalue weighted by molar-refractivity contribution is 0.394. The van der Waals surface area contributed by atoms with Crippen molar-refractivity contribution >= 4 is 11.1 Å². The van der Waals surface area contributed by atoms with Crippen molar-refractivity contribution in [2.24, 2.45) is 0 Å². The van der Waals surface area contributed by atoms with Gasteiger partial charge in [-0.05, 0) is 80.0 Å². The van der Waals surface area contributed by atoms with Gasteiger partial charge in [-0.1, -0.05) is 115 Å². The Morgan fingerprint density at radius 2 is 0.791 bits per heavy atom. The predicted octanol–water partition coefficient (Wildman–Crippen LogP) is 7.15. The first-order valence-corrected chi connectivity index (χ1v) is 14.5. The maximum absolute atomic E-state index is 14.2. The molecule has 5 nitrogen and oxygen atoms in total. The molecule has 5 aliphatic heterocycles. The number of rotatable bonds is 1. The molecule has 0 amide bonds. The second-order valence-electron chi connectivity index (χ2n) is 11.4. The molecule has 6 heterocycles. The summed E-state index contributed by atoms with van der Waals surface area (Å²) in [6.07, 6.45) is 12.7. The number of hydrogen-bond acceptors (Lipinski definition) is 2. The highest BCUT2D eigenvalue weighted by molar-refractivity contribution is 5.82. The van der Waals surface area contributed by atoms with Crippen LogP contribution < -0.4 is 11.4 Å². The van der Waals surface area contributed by atoms with Crippen molar-refractivity contribution in [1.82, 2.24) is 13.9 Å². The van der Waals surface area contributed by atoms with E-state index in [2.05, 4.69) is 109 Å². The molecule has 17 aliphatic rings. The number of benzene rings is 4. The summed E-state index contributed by atoms with van der Waals surface area (Å²) in [5.74, 6) is 0. The van der Waals surface area contributed by atoms with Gasteiger partial charge in [0.2, 0.25) is 0 Å². The van der Waals surface area contributed by atoms with E-state index in [1.165, 1.54) is 4.57 Å². The molecule has 5 aromatic rings. The smallest absolute Gasteiger partial charge is 0.245 e. The highest BCUT2D eigenvalue weighted by Gasteiger charge is 2.37. The lowest BCUT2D eigenvalue weighted by Gasteiger charge is -2.35. The van der Waals surface area contributed by atoms with E-state index >= 15 is 0 Å². The zero-order chi connectivity index (χ0) is 28.7. The van der Waals surface area contributed by atoms with Gasteiger partial charge in [-0.25, -0.2) is 23.5 Å². The third-order valence-electron chi connectivity index (χ3n) is 9.07. The SMILES string of the molecule is O=c1n(-c2ccccc2)c(=O)n2n1[C@@H]1C=C3C=CC1=C1C=CC(=C[C@@H]12)c1ccc(cc1)-c1ccc(cc1)-c1ccc3cc1. The molecule has 12 bridgehead atoms. The Morgan fingerprint density at radius 3 is 1.19 bits per heavy atom. The van der Waals surface area contributed by atoms with Gasteiger partial charge in [-0.2, -0.15) is 0 Å². The van der Waals surface area contributed by atoms with Crippen molar-refractivity contribution in [1.29, 1.82) is 0 Å². The molecule has 2 atom stereocenters. The van der Waals surface area contributed by atoms with Gasteiger partial charge >= 0.3 is 11.4 Å². The molecular formula is C38H25N3O2. The number of para-hydroxylation sites is 1. The summed E-state index contributed by atoms with van der Waals surface area (Å²) in [4.78, 5) is 28.3. The topological polar surface area (TPSA) is 48.9 Å². The monoisotopic (exact) mass is 555 g/mol. The molecule has 43 heavy (non-hydrogen) atoms. The van der Waals surface area contributed by atoms with Crippen molar-refractivity contribution < 1.29 is 0 Å². The maximum atomic E-state index is 14.2. The Hall–Kier alpha value is -5.68. The molecule has 22 rings (SSSR count). The van der Waals surface area contributed by atoms with Gasteiger partial charge in [0, 0.05) is 0 Å². The lowest BCUT2D eigenvalue weighted by atomic mass is 9.83. The van der Waals surface area contributed by atoms with Crippen LogP contribution >= 0.6 is 0 Å². The minimum atomic E-state index is -0.423. The van der Waals surface area contributed by atoms with Crippen molar-refractivity contribution in [3.63, 3.8) is 0 Å². The van der Waals surface area contributed by atoms with E-state index in [0.29, 0.717) is 5.69 Å². The molecule has 5 heteroatoms. The first-order valence-electron chi connectivity index (χ1n) is 14.5. The minimum absolute atomic E-state index is 0.349. The molecule has 0 N–H and O–H groups in total. The Labute approximate surface area is 247 Å². The van der Waals surface area contributed by atoms with Crippen LogP contribution in [-0.2, 0) is 0 Å². The van der Waals surface area contributed by atoms with Gasteiger partial charge < -0.3 is 0 Å². The van der Waals surface area contributed by atoms with Crippen molar-refractivity contribution in [2.75, 3.05) is 0 Å². The number of aromatic nitrogens is 3.